The van der Waals surface area contributed by atoms with E-state index in [4.69, 9.17) is 10.5 Å². The summed E-state index contributed by atoms with van der Waals surface area (Å²) in [5.41, 5.74) is 4.43. The minimum Gasteiger partial charge on any atom is -0.496 e. The molecule has 19 heavy (non-hydrogen) atoms. The highest BCUT2D eigenvalue weighted by atomic mass is 19.4. The van der Waals surface area contributed by atoms with Crippen LogP contribution < -0.4 is 10.5 Å². The minimum atomic E-state index is -4.63. The number of ether oxygens (including phenoxy) is 1. The first-order valence-electron chi connectivity index (χ1n) is 5.56. The third-order valence-electron chi connectivity index (χ3n) is 2.06. The average Bonchev–Trinajstić information content (AvgIpc) is 2.37. The van der Waals surface area contributed by atoms with Gasteiger partial charge in [0.2, 0.25) is 0 Å². The molecule has 0 aliphatic carbocycles. The van der Waals surface area contributed by atoms with Gasteiger partial charge < -0.3 is 10.5 Å². The molecule has 0 fully saturated rings. The fourth-order valence-corrected chi connectivity index (χ4v) is 1.34. The van der Waals surface area contributed by atoms with Crippen molar-refractivity contribution in [2.45, 2.75) is 20.0 Å². The largest absolute Gasteiger partial charge is 0.496 e. The molecule has 0 aliphatic heterocycles. The van der Waals surface area contributed by atoms with Crippen LogP contribution in [-0.4, -0.2) is 19.6 Å². The van der Waals surface area contributed by atoms with Crippen molar-refractivity contribution in [3.05, 3.63) is 29.8 Å². The number of carbonyl (C=O) groups excluding carboxylic acids is 1. The predicted molar refractivity (Wildman–Crippen MR) is 68.9 cm³/mol. The quantitative estimate of drug-likeness (QED) is 0.522. The van der Waals surface area contributed by atoms with Crippen LogP contribution in [0.2, 0.25) is 0 Å². The lowest BCUT2D eigenvalue weighted by molar-refractivity contribution is -0.104. The van der Waals surface area contributed by atoms with Crippen molar-refractivity contribution < 1.29 is 22.7 Å². The SMILES string of the molecule is CC.COc1cc(N)ccc1/C(=C\C=O)C(F)(F)F. The van der Waals surface area contributed by atoms with E-state index in [0.29, 0.717) is 6.08 Å². The summed E-state index contributed by atoms with van der Waals surface area (Å²) in [5.74, 6) is -0.0320. The third-order valence-corrected chi connectivity index (χ3v) is 2.06. The first kappa shape index (κ1) is 17.0. The van der Waals surface area contributed by atoms with E-state index in [1.54, 1.807) is 0 Å². The number of halogens is 3. The van der Waals surface area contributed by atoms with Crippen LogP contribution in [-0.2, 0) is 4.79 Å². The fourth-order valence-electron chi connectivity index (χ4n) is 1.34. The Morgan fingerprint density at radius 3 is 2.32 bits per heavy atom. The van der Waals surface area contributed by atoms with E-state index in [-0.39, 0.29) is 23.3 Å². The molecule has 1 aromatic carbocycles. The Labute approximate surface area is 109 Å². The van der Waals surface area contributed by atoms with Crippen molar-refractivity contribution in [1.82, 2.24) is 0 Å². The van der Waals surface area contributed by atoms with Crippen molar-refractivity contribution in [2.75, 3.05) is 12.8 Å². The average molecular weight is 275 g/mol. The van der Waals surface area contributed by atoms with Gasteiger partial charge in [0, 0.05) is 17.3 Å². The predicted octanol–water partition coefficient (Wildman–Crippen LogP) is 3.45. The second-order valence-electron chi connectivity index (χ2n) is 3.17. The molecule has 0 spiro atoms. The lowest BCUT2D eigenvalue weighted by atomic mass is 10.0. The number of benzene rings is 1. The zero-order valence-corrected chi connectivity index (χ0v) is 10.9. The Morgan fingerprint density at radius 1 is 1.32 bits per heavy atom. The summed E-state index contributed by atoms with van der Waals surface area (Å²) in [6.45, 7) is 4.00. The highest BCUT2D eigenvalue weighted by Crippen LogP contribution is 2.38. The summed E-state index contributed by atoms with van der Waals surface area (Å²) in [6, 6.07) is 3.74. The Kier molecular flexibility index (Phi) is 6.68. The Morgan fingerprint density at radius 2 is 1.89 bits per heavy atom. The summed E-state index contributed by atoms with van der Waals surface area (Å²) < 4.78 is 42.9. The number of aldehydes is 1. The fraction of sp³-hybridized carbons (Fsp3) is 0.308. The van der Waals surface area contributed by atoms with Crippen molar-refractivity contribution >= 4 is 17.5 Å². The first-order chi connectivity index (χ1) is 8.90. The molecule has 0 radical (unpaired) electrons. The number of rotatable bonds is 3. The molecule has 0 amide bonds. The van der Waals surface area contributed by atoms with Gasteiger partial charge in [0.15, 0.2) is 0 Å². The summed E-state index contributed by atoms with van der Waals surface area (Å²) in [7, 11) is 1.23. The molecule has 1 aromatic rings. The molecule has 0 unspecified atom stereocenters. The molecule has 0 aliphatic rings. The lowest BCUT2D eigenvalue weighted by Gasteiger charge is -2.14. The second kappa shape index (κ2) is 7.45. The minimum absolute atomic E-state index is 0.0320. The first-order valence-corrected chi connectivity index (χ1v) is 5.56. The number of carbonyl (C=O) groups is 1. The van der Waals surface area contributed by atoms with Gasteiger partial charge >= 0.3 is 6.18 Å². The molecule has 1 rings (SSSR count). The smallest absolute Gasteiger partial charge is 0.417 e. The molecule has 0 bridgehead atoms. The summed E-state index contributed by atoms with van der Waals surface area (Å²) in [6.07, 6.45) is -4.10. The van der Waals surface area contributed by atoms with Crippen LogP contribution in [0, 0.1) is 0 Å². The standard InChI is InChI=1S/C11H10F3NO2.C2H6/c1-17-10-6-7(15)2-3-8(10)9(4-5-16)11(12,13)14;1-2/h2-6H,15H2,1H3;1-2H3/b9-4+;. The number of alkyl halides is 3. The summed E-state index contributed by atoms with van der Waals surface area (Å²) in [5, 5.41) is 0. The molecular weight excluding hydrogens is 259 g/mol. The third kappa shape index (κ3) is 4.65. The molecule has 3 nitrogen and oxygen atoms in total. The van der Waals surface area contributed by atoms with Crippen LogP contribution in [0.15, 0.2) is 24.3 Å². The van der Waals surface area contributed by atoms with Crippen LogP contribution in [0.25, 0.3) is 5.57 Å². The van der Waals surface area contributed by atoms with Gasteiger partial charge in [-0.25, -0.2) is 0 Å². The monoisotopic (exact) mass is 275 g/mol. The van der Waals surface area contributed by atoms with Crippen molar-refractivity contribution in [2.24, 2.45) is 0 Å². The number of nitrogen functional groups attached to an aromatic ring is 1. The van der Waals surface area contributed by atoms with E-state index in [2.05, 4.69) is 0 Å². The molecule has 0 saturated carbocycles. The van der Waals surface area contributed by atoms with Crippen LogP contribution >= 0.6 is 0 Å². The maximum Gasteiger partial charge on any atom is 0.417 e. The highest BCUT2D eigenvalue weighted by Gasteiger charge is 2.36. The Balaban J connectivity index is 0.00000154. The second-order valence-corrected chi connectivity index (χ2v) is 3.17. The van der Waals surface area contributed by atoms with Crippen molar-refractivity contribution in [3.63, 3.8) is 0 Å². The molecule has 0 atom stereocenters. The molecule has 2 N–H and O–H groups in total. The number of hydrogen-bond donors (Lipinski definition) is 1. The van der Waals surface area contributed by atoms with Crippen LogP contribution in [0.5, 0.6) is 5.75 Å². The molecule has 106 valence electrons. The molecule has 0 saturated heterocycles. The van der Waals surface area contributed by atoms with Gasteiger partial charge in [0.05, 0.1) is 12.7 Å². The van der Waals surface area contributed by atoms with E-state index in [1.807, 2.05) is 13.8 Å². The maximum absolute atomic E-state index is 12.7. The maximum atomic E-state index is 12.7. The van der Waals surface area contributed by atoms with Gasteiger partial charge in [0.25, 0.3) is 0 Å². The molecule has 0 heterocycles. The zero-order chi connectivity index (χ0) is 15.1. The van der Waals surface area contributed by atoms with Gasteiger partial charge in [-0.1, -0.05) is 13.8 Å². The van der Waals surface area contributed by atoms with Gasteiger partial charge in [-0.15, -0.1) is 0 Å². The van der Waals surface area contributed by atoms with Gasteiger partial charge in [-0.05, 0) is 18.2 Å². The summed E-state index contributed by atoms with van der Waals surface area (Å²) >= 11 is 0. The number of methoxy groups -OCH3 is 1. The topological polar surface area (TPSA) is 52.3 Å². The van der Waals surface area contributed by atoms with E-state index in [0.717, 1.165) is 6.07 Å². The highest BCUT2D eigenvalue weighted by molar-refractivity contribution is 5.86. The van der Waals surface area contributed by atoms with Crippen LogP contribution in [0.3, 0.4) is 0 Å². The number of allylic oxidation sites excluding steroid dienone is 2. The van der Waals surface area contributed by atoms with E-state index >= 15 is 0 Å². The van der Waals surface area contributed by atoms with Crippen molar-refractivity contribution in [1.29, 1.82) is 0 Å². The van der Waals surface area contributed by atoms with Crippen LogP contribution in [0.4, 0.5) is 18.9 Å². The molecule has 0 aromatic heterocycles. The molecular formula is C13H16F3NO2. The summed E-state index contributed by atoms with van der Waals surface area (Å²) in [4.78, 5) is 10.3. The van der Waals surface area contributed by atoms with E-state index < -0.39 is 11.7 Å². The number of hydrogen-bond acceptors (Lipinski definition) is 3. The van der Waals surface area contributed by atoms with Gasteiger partial charge in [-0.2, -0.15) is 13.2 Å². The lowest BCUT2D eigenvalue weighted by Crippen LogP contribution is -2.12. The Bertz CT molecular complexity index is 454. The van der Waals surface area contributed by atoms with E-state index in [1.165, 1.54) is 19.2 Å². The van der Waals surface area contributed by atoms with E-state index in [9.17, 15) is 18.0 Å². The molecule has 6 heteroatoms. The van der Waals surface area contributed by atoms with Crippen LogP contribution in [0.1, 0.15) is 19.4 Å². The van der Waals surface area contributed by atoms with Crippen molar-refractivity contribution in [3.8, 4) is 5.75 Å². The van der Waals surface area contributed by atoms with Gasteiger partial charge in [-0.3, -0.25) is 4.79 Å². The van der Waals surface area contributed by atoms with Gasteiger partial charge in [0.1, 0.15) is 12.0 Å². The number of nitrogens with two attached hydrogens (primary N) is 1. The zero-order valence-electron chi connectivity index (χ0n) is 10.9. The number of anilines is 1. The normalized spacial score (nSPS) is 11.4. The Hall–Kier alpha value is -1.98.